The topological polar surface area (TPSA) is 98.1 Å². The first kappa shape index (κ1) is 15.4. The number of phenolic OH excluding ortho intramolecular Hbond substituents is 2. The molecule has 0 bridgehead atoms. The van der Waals surface area contributed by atoms with E-state index in [0.29, 0.717) is 37.8 Å². The average molecular weight is 317 g/mol. The van der Waals surface area contributed by atoms with E-state index in [0.717, 1.165) is 11.1 Å². The fourth-order valence-corrected chi connectivity index (χ4v) is 3.51. The van der Waals surface area contributed by atoms with Crippen molar-refractivity contribution in [3.05, 3.63) is 34.4 Å². The summed E-state index contributed by atoms with van der Waals surface area (Å²) in [5.41, 5.74) is 2.31. The van der Waals surface area contributed by atoms with E-state index in [9.17, 15) is 24.9 Å². The first-order chi connectivity index (χ1) is 10.9. The number of benzene rings is 1. The van der Waals surface area contributed by atoms with Gasteiger partial charge in [0.15, 0.2) is 11.5 Å². The van der Waals surface area contributed by atoms with Crippen LogP contribution in [0.2, 0.25) is 0 Å². The maximum atomic E-state index is 12.8. The summed E-state index contributed by atoms with van der Waals surface area (Å²) in [6.45, 7) is 2.32. The minimum atomic E-state index is -1.02. The lowest BCUT2D eigenvalue weighted by molar-refractivity contribution is -0.134. The van der Waals surface area contributed by atoms with Crippen LogP contribution in [0.15, 0.2) is 23.3 Å². The zero-order valence-electron chi connectivity index (χ0n) is 12.9. The van der Waals surface area contributed by atoms with Gasteiger partial charge < -0.3 is 20.2 Å². The lowest BCUT2D eigenvalue weighted by Crippen LogP contribution is -2.39. The lowest BCUT2D eigenvalue weighted by Gasteiger charge is -2.36. The third kappa shape index (κ3) is 2.54. The number of nitrogens with zero attached hydrogens (tertiary/aromatic N) is 1. The molecule has 1 unspecified atom stereocenters. The second kappa shape index (κ2) is 5.61. The lowest BCUT2D eigenvalue weighted by atomic mass is 9.92. The van der Waals surface area contributed by atoms with E-state index >= 15 is 0 Å². The largest absolute Gasteiger partial charge is 0.504 e. The average Bonchev–Trinajstić information content (AvgIpc) is 2.99. The number of carbonyl (C=O) groups is 2. The molecule has 1 aromatic carbocycles. The molecule has 1 aliphatic heterocycles. The predicted molar refractivity (Wildman–Crippen MR) is 82.1 cm³/mol. The molecular formula is C17H19NO5. The van der Waals surface area contributed by atoms with E-state index in [1.54, 1.807) is 4.90 Å². The molecule has 6 nitrogen and oxygen atoms in total. The quantitative estimate of drug-likeness (QED) is 0.726. The van der Waals surface area contributed by atoms with Crippen LogP contribution in [-0.2, 0) is 16.0 Å². The molecule has 1 amide bonds. The predicted octanol–water partition coefficient (Wildman–Crippen LogP) is 2.11. The highest BCUT2D eigenvalue weighted by atomic mass is 16.4. The van der Waals surface area contributed by atoms with Crippen molar-refractivity contribution in [2.24, 2.45) is 0 Å². The molecule has 1 heterocycles. The highest BCUT2D eigenvalue weighted by Crippen LogP contribution is 2.38. The van der Waals surface area contributed by atoms with Crippen LogP contribution in [0, 0.1) is 0 Å². The van der Waals surface area contributed by atoms with Crippen LogP contribution in [0.1, 0.15) is 43.4 Å². The molecule has 0 saturated carbocycles. The van der Waals surface area contributed by atoms with E-state index in [2.05, 4.69) is 0 Å². The Kier molecular flexibility index (Phi) is 3.75. The highest BCUT2D eigenvalue weighted by Gasteiger charge is 2.34. The van der Waals surface area contributed by atoms with Gasteiger partial charge in [0.05, 0.1) is 6.04 Å². The molecule has 23 heavy (non-hydrogen) atoms. The van der Waals surface area contributed by atoms with Gasteiger partial charge in [0.25, 0.3) is 5.91 Å². The Hall–Kier alpha value is -2.50. The van der Waals surface area contributed by atoms with Crippen molar-refractivity contribution in [1.29, 1.82) is 0 Å². The zero-order valence-corrected chi connectivity index (χ0v) is 12.9. The van der Waals surface area contributed by atoms with Crippen molar-refractivity contribution in [3.63, 3.8) is 0 Å². The number of aliphatic carboxylic acids is 1. The summed E-state index contributed by atoms with van der Waals surface area (Å²) < 4.78 is 0. The minimum Gasteiger partial charge on any atom is -0.504 e. The van der Waals surface area contributed by atoms with Gasteiger partial charge in [-0.1, -0.05) is 0 Å². The smallest absolute Gasteiger partial charge is 0.332 e. The van der Waals surface area contributed by atoms with Gasteiger partial charge >= 0.3 is 5.97 Å². The molecule has 122 valence electrons. The number of aromatic hydroxyl groups is 2. The van der Waals surface area contributed by atoms with Crippen LogP contribution in [0.25, 0.3) is 0 Å². The van der Waals surface area contributed by atoms with Crippen molar-refractivity contribution >= 4 is 11.9 Å². The molecule has 1 atom stereocenters. The van der Waals surface area contributed by atoms with Gasteiger partial charge in [0.1, 0.15) is 0 Å². The Balaban J connectivity index is 1.93. The third-order valence-corrected chi connectivity index (χ3v) is 4.77. The van der Waals surface area contributed by atoms with Gasteiger partial charge in [-0.25, -0.2) is 4.79 Å². The van der Waals surface area contributed by atoms with Crippen LogP contribution >= 0.6 is 0 Å². The van der Waals surface area contributed by atoms with E-state index in [-0.39, 0.29) is 29.0 Å². The summed E-state index contributed by atoms with van der Waals surface area (Å²) in [7, 11) is 0. The van der Waals surface area contributed by atoms with Gasteiger partial charge in [0.2, 0.25) is 0 Å². The molecular weight excluding hydrogens is 298 g/mol. The Morgan fingerprint density at radius 3 is 2.43 bits per heavy atom. The Bertz CT molecular complexity index is 722. The summed E-state index contributed by atoms with van der Waals surface area (Å²) in [5, 5.41) is 28.5. The summed E-state index contributed by atoms with van der Waals surface area (Å²) in [6, 6.07) is 2.73. The zero-order chi connectivity index (χ0) is 16.7. The van der Waals surface area contributed by atoms with Crippen LogP contribution in [0.5, 0.6) is 11.5 Å². The summed E-state index contributed by atoms with van der Waals surface area (Å²) in [6.07, 6.45) is 2.19. The molecule has 3 N–H and O–H groups in total. The Labute approximate surface area is 133 Å². The molecule has 3 rings (SSSR count). The maximum Gasteiger partial charge on any atom is 0.332 e. The highest BCUT2D eigenvalue weighted by molar-refractivity contribution is 6.03. The number of fused-ring (bicyclic) bond motifs is 1. The molecule has 0 spiro atoms. The van der Waals surface area contributed by atoms with Gasteiger partial charge in [-0.15, -0.1) is 0 Å². The van der Waals surface area contributed by atoms with E-state index in [1.807, 2.05) is 6.92 Å². The van der Waals surface area contributed by atoms with Crippen LogP contribution in [-0.4, -0.2) is 38.6 Å². The molecule has 6 heteroatoms. The van der Waals surface area contributed by atoms with Gasteiger partial charge in [-0.2, -0.15) is 0 Å². The van der Waals surface area contributed by atoms with Crippen LogP contribution in [0.4, 0.5) is 0 Å². The first-order valence-electron chi connectivity index (χ1n) is 7.71. The monoisotopic (exact) mass is 317 g/mol. The van der Waals surface area contributed by atoms with E-state index < -0.39 is 5.97 Å². The van der Waals surface area contributed by atoms with Crippen molar-refractivity contribution in [3.8, 4) is 11.5 Å². The summed E-state index contributed by atoms with van der Waals surface area (Å²) >= 11 is 0. The number of rotatable bonds is 2. The second-order valence-corrected chi connectivity index (χ2v) is 6.08. The van der Waals surface area contributed by atoms with Crippen molar-refractivity contribution < 1.29 is 24.9 Å². The fourth-order valence-electron chi connectivity index (χ4n) is 3.51. The number of hydrogen-bond acceptors (Lipinski definition) is 4. The molecule has 1 aromatic rings. The third-order valence-electron chi connectivity index (χ3n) is 4.77. The fraction of sp³-hybridized carbons (Fsp3) is 0.412. The molecule has 0 saturated heterocycles. The van der Waals surface area contributed by atoms with Gasteiger partial charge in [-0.3, -0.25) is 4.79 Å². The van der Waals surface area contributed by atoms with Gasteiger partial charge in [-0.05, 0) is 55.9 Å². The molecule has 0 radical (unpaired) electrons. The van der Waals surface area contributed by atoms with Crippen molar-refractivity contribution in [1.82, 2.24) is 4.90 Å². The number of hydrogen-bond donors (Lipinski definition) is 3. The van der Waals surface area contributed by atoms with Gasteiger partial charge in [0, 0.05) is 17.7 Å². The molecule has 0 fully saturated rings. The standard InChI is InChI=1S/C17H19NO5/c1-9-13-8-15(20)14(19)7-10(13)5-6-18(9)16(21)11-3-2-4-12(11)17(22)23/h7-9,19-20H,2-6H2,1H3,(H,22,23). The minimum absolute atomic E-state index is 0.164. The van der Waals surface area contributed by atoms with E-state index in [1.165, 1.54) is 12.1 Å². The summed E-state index contributed by atoms with van der Waals surface area (Å²) in [5.74, 6) is -1.62. The van der Waals surface area contributed by atoms with Crippen LogP contribution < -0.4 is 0 Å². The number of carbonyl (C=O) groups excluding carboxylic acids is 1. The first-order valence-corrected chi connectivity index (χ1v) is 7.71. The number of carboxylic acid groups (broad SMARTS) is 1. The molecule has 0 aromatic heterocycles. The number of carboxylic acids is 1. The molecule has 2 aliphatic rings. The number of amides is 1. The summed E-state index contributed by atoms with van der Waals surface area (Å²) in [4.78, 5) is 25.7. The van der Waals surface area contributed by atoms with Crippen LogP contribution in [0.3, 0.4) is 0 Å². The normalized spacial score (nSPS) is 20.6. The Morgan fingerprint density at radius 2 is 1.74 bits per heavy atom. The Morgan fingerprint density at radius 1 is 1.09 bits per heavy atom. The molecule has 1 aliphatic carbocycles. The van der Waals surface area contributed by atoms with Crippen molar-refractivity contribution in [2.45, 2.75) is 38.6 Å². The maximum absolute atomic E-state index is 12.8. The second-order valence-electron chi connectivity index (χ2n) is 6.08. The van der Waals surface area contributed by atoms with E-state index in [4.69, 9.17) is 0 Å². The number of phenols is 2. The SMILES string of the molecule is CC1c2cc(O)c(O)cc2CCN1C(=O)C1=C(C(=O)O)CCC1. The van der Waals surface area contributed by atoms with Crippen molar-refractivity contribution in [2.75, 3.05) is 6.54 Å².